The van der Waals surface area contributed by atoms with Crippen LogP contribution < -0.4 is 0 Å². The number of carboxylic acids is 1. The minimum Gasteiger partial charge on any atom is -0.481 e. The zero-order valence-electron chi connectivity index (χ0n) is 13.6. The van der Waals surface area contributed by atoms with E-state index in [0.717, 1.165) is 19.0 Å². The van der Waals surface area contributed by atoms with Crippen molar-refractivity contribution in [1.29, 1.82) is 0 Å². The second-order valence-electron chi connectivity index (χ2n) is 6.62. The fourth-order valence-corrected chi connectivity index (χ4v) is 3.40. The molecular formula is C17H33NO2. The first-order valence-electron chi connectivity index (χ1n) is 8.53. The lowest BCUT2D eigenvalue weighted by Gasteiger charge is -2.39. The lowest BCUT2D eigenvalue weighted by molar-refractivity contribution is -0.142. The van der Waals surface area contributed by atoms with E-state index in [1.165, 1.54) is 51.4 Å². The van der Waals surface area contributed by atoms with Crippen LogP contribution in [0.1, 0.15) is 72.1 Å². The van der Waals surface area contributed by atoms with Crippen LogP contribution in [0.5, 0.6) is 0 Å². The van der Waals surface area contributed by atoms with E-state index in [9.17, 15) is 9.90 Å². The number of rotatable bonds is 9. The van der Waals surface area contributed by atoms with Crippen LogP contribution in [-0.4, -0.2) is 35.1 Å². The molecule has 0 heterocycles. The standard InChI is InChI=1S/C17H33NO2/c1-4-5-6-9-12-18(13-15(3)17(19)20)16-11-8-7-10-14(16)2/h14-16H,4-13H2,1-3H3,(H,19,20). The molecule has 0 aliphatic heterocycles. The van der Waals surface area contributed by atoms with Gasteiger partial charge in [0.15, 0.2) is 0 Å². The van der Waals surface area contributed by atoms with Crippen molar-refractivity contribution >= 4 is 5.97 Å². The molecule has 3 heteroatoms. The second-order valence-corrected chi connectivity index (χ2v) is 6.62. The van der Waals surface area contributed by atoms with Gasteiger partial charge >= 0.3 is 5.97 Å². The van der Waals surface area contributed by atoms with Gasteiger partial charge in [-0.15, -0.1) is 0 Å². The third kappa shape index (κ3) is 5.82. The quantitative estimate of drug-likeness (QED) is 0.646. The molecule has 1 saturated carbocycles. The Hall–Kier alpha value is -0.570. The van der Waals surface area contributed by atoms with Gasteiger partial charge in [-0.1, -0.05) is 52.9 Å². The fraction of sp³-hybridized carbons (Fsp3) is 0.941. The van der Waals surface area contributed by atoms with Gasteiger partial charge in [-0.05, 0) is 31.7 Å². The molecule has 0 bridgehead atoms. The monoisotopic (exact) mass is 283 g/mol. The van der Waals surface area contributed by atoms with E-state index in [1.54, 1.807) is 0 Å². The Morgan fingerprint density at radius 1 is 1.25 bits per heavy atom. The third-order valence-electron chi connectivity index (χ3n) is 4.76. The summed E-state index contributed by atoms with van der Waals surface area (Å²) in [7, 11) is 0. The summed E-state index contributed by atoms with van der Waals surface area (Å²) in [5.41, 5.74) is 0. The number of nitrogens with zero attached hydrogens (tertiary/aromatic N) is 1. The average Bonchev–Trinajstić information content (AvgIpc) is 2.42. The first-order valence-corrected chi connectivity index (χ1v) is 8.53. The summed E-state index contributed by atoms with van der Waals surface area (Å²) in [5, 5.41) is 9.18. The number of unbranched alkanes of at least 4 members (excludes halogenated alkanes) is 3. The number of carbonyl (C=O) groups is 1. The van der Waals surface area contributed by atoms with Crippen molar-refractivity contribution in [3.63, 3.8) is 0 Å². The number of hydrogen-bond acceptors (Lipinski definition) is 2. The van der Waals surface area contributed by atoms with Crippen LogP contribution >= 0.6 is 0 Å². The lowest BCUT2D eigenvalue weighted by Crippen LogP contribution is -2.45. The average molecular weight is 283 g/mol. The van der Waals surface area contributed by atoms with Crippen molar-refractivity contribution in [3.05, 3.63) is 0 Å². The first-order chi connectivity index (χ1) is 9.56. The first kappa shape index (κ1) is 17.5. The van der Waals surface area contributed by atoms with E-state index in [4.69, 9.17) is 0 Å². The van der Waals surface area contributed by atoms with Crippen LogP contribution in [0.3, 0.4) is 0 Å². The summed E-state index contributed by atoms with van der Waals surface area (Å²) >= 11 is 0. The van der Waals surface area contributed by atoms with Gasteiger partial charge in [0, 0.05) is 12.6 Å². The molecule has 1 rings (SSSR count). The predicted molar refractivity (Wildman–Crippen MR) is 83.9 cm³/mol. The van der Waals surface area contributed by atoms with Crippen LogP contribution in [0, 0.1) is 11.8 Å². The van der Waals surface area contributed by atoms with E-state index in [-0.39, 0.29) is 5.92 Å². The summed E-state index contributed by atoms with van der Waals surface area (Å²) in [5.74, 6) is -0.196. The van der Waals surface area contributed by atoms with Gasteiger partial charge in [0.05, 0.1) is 5.92 Å². The summed E-state index contributed by atoms with van der Waals surface area (Å²) in [6.07, 6.45) is 10.2. The molecule has 0 amide bonds. The van der Waals surface area contributed by atoms with Crippen LogP contribution in [0.25, 0.3) is 0 Å². The summed E-state index contributed by atoms with van der Waals surface area (Å²) < 4.78 is 0. The van der Waals surface area contributed by atoms with Gasteiger partial charge < -0.3 is 5.11 Å². The van der Waals surface area contributed by atoms with Crippen molar-refractivity contribution < 1.29 is 9.90 Å². The molecule has 118 valence electrons. The van der Waals surface area contributed by atoms with Crippen LogP contribution in [0.15, 0.2) is 0 Å². The van der Waals surface area contributed by atoms with Gasteiger partial charge in [-0.3, -0.25) is 9.69 Å². The molecular weight excluding hydrogens is 250 g/mol. The number of hydrogen-bond donors (Lipinski definition) is 1. The van der Waals surface area contributed by atoms with Gasteiger partial charge in [-0.25, -0.2) is 0 Å². The highest BCUT2D eigenvalue weighted by molar-refractivity contribution is 5.69. The maximum Gasteiger partial charge on any atom is 0.307 e. The minimum absolute atomic E-state index is 0.254. The Balaban J connectivity index is 2.54. The highest BCUT2D eigenvalue weighted by atomic mass is 16.4. The van der Waals surface area contributed by atoms with Gasteiger partial charge in [0.2, 0.25) is 0 Å². The van der Waals surface area contributed by atoms with Crippen molar-refractivity contribution in [1.82, 2.24) is 4.90 Å². The zero-order chi connectivity index (χ0) is 15.0. The highest BCUT2D eigenvalue weighted by Gasteiger charge is 2.28. The molecule has 0 aromatic carbocycles. The molecule has 3 nitrogen and oxygen atoms in total. The van der Waals surface area contributed by atoms with Crippen molar-refractivity contribution in [2.24, 2.45) is 11.8 Å². The minimum atomic E-state index is -0.660. The topological polar surface area (TPSA) is 40.5 Å². The Morgan fingerprint density at radius 3 is 2.55 bits per heavy atom. The normalized spacial score (nSPS) is 24.8. The molecule has 3 unspecified atom stereocenters. The summed E-state index contributed by atoms with van der Waals surface area (Å²) in [4.78, 5) is 13.6. The van der Waals surface area contributed by atoms with E-state index in [2.05, 4.69) is 18.7 Å². The Labute approximate surface area is 124 Å². The van der Waals surface area contributed by atoms with Gasteiger partial charge in [0.25, 0.3) is 0 Å². The SMILES string of the molecule is CCCCCCN(CC(C)C(=O)O)C1CCCCC1C. The smallest absolute Gasteiger partial charge is 0.307 e. The second kappa shape index (κ2) is 9.38. The Bertz CT molecular complexity index is 280. The predicted octanol–water partition coefficient (Wildman–Crippen LogP) is 4.17. The molecule has 0 saturated heterocycles. The van der Waals surface area contributed by atoms with E-state index in [1.807, 2.05) is 6.92 Å². The zero-order valence-corrected chi connectivity index (χ0v) is 13.6. The Kier molecular flexibility index (Phi) is 8.20. The van der Waals surface area contributed by atoms with Crippen LogP contribution in [-0.2, 0) is 4.79 Å². The number of aliphatic carboxylic acids is 1. The maximum atomic E-state index is 11.1. The van der Waals surface area contributed by atoms with Crippen molar-refractivity contribution in [2.45, 2.75) is 78.2 Å². The van der Waals surface area contributed by atoms with Crippen LogP contribution in [0.4, 0.5) is 0 Å². The van der Waals surface area contributed by atoms with Crippen molar-refractivity contribution in [2.75, 3.05) is 13.1 Å². The maximum absolute atomic E-state index is 11.1. The lowest BCUT2D eigenvalue weighted by atomic mass is 9.84. The number of carboxylic acid groups (broad SMARTS) is 1. The van der Waals surface area contributed by atoms with E-state index >= 15 is 0 Å². The van der Waals surface area contributed by atoms with Gasteiger partial charge in [0.1, 0.15) is 0 Å². The molecule has 0 aromatic rings. The molecule has 3 atom stereocenters. The molecule has 1 aliphatic rings. The highest BCUT2D eigenvalue weighted by Crippen LogP contribution is 2.29. The molecule has 1 aliphatic carbocycles. The molecule has 20 heavy (non-hydrogen) atoms. The molecule has 0 spiro atoms. The summed E-state index contributed by atoms with van der Waals surface area (Å²) in [6.45, 7) is 8.21. The van der Waals surface area contributed by atoms with E-state index in [0.29, 0.717) is 6.04 Å². The third-order valence-corrected chi connectivity index (χ3v) is 4.76. The van der Waals surface area contributed by atoms with Crippen molar-refractivity contribution in [3.8, 4) is 0 Å². The summed E-state index contributed by atoms with van der Waals surface area (Å²) in [6, 6.07) is 0.604. The molecule has 1 fully saturated rings. The van der Waals surface area contributed by atoms with Crippen LogP contribution in [0.2, 0.25) is 0 Å². The Morgan fingerprint density at radius 2 is 1.95 bits per heavy atom. The van der Waals surface area contributed by atoms with E-state index < -0.39 is 5.97 Å². The molecule has 0 aromatic heterocycles. The fourth-order valence-electron chi connectivity index (χ4n) is 3.40. The molecule has 1 N–H and O–H groups in total. The molecule has 0 radical (unpaired) electrons. The van der Waals surface area contributed by atoms with Gasteiger partial charge in [-0.2, -0.15) is 0 Å². The largest absolute Gasteiger partial charge is 0.481 e.